The number of aryl methyl sites for hydroxylation is 2. The number of hydrogen-bond donors (Lipinski definition) is 1. The van der Waals surface area contributed by atoms with Crippen LogP contribution in [0.15, 0.2) is 42.5 Å². The number of carboxylic acids is 1. The first-order valence-electron chi connectivity index (χ1n) is 8.29. The topological polar surface area (TPSA) is 66.8 Å². The molecule has 0 aromatic heterocycles. The molecule has 1 N–H and O–H groups in total. The Morgan fingerprint density at radius 3 is 2.32 bits per heavy atom. The molecular weight excluding hydrogens is 318 g/mol. The molecule has 1 amide bonds. The van der Waals surface area contributed by atoms with Crippen LogP contribution >= 0.6 is 0 Å². The van der Waals surface area contributed by atoms with E-state index >= 15 is 0 Å². The van der Waals surface area contributed by atoms with E-state index in [9.17, 15) is 9.59 Å². The van der Waals surface area contributed by atoms with Gasteiger partial charge in [0.2, 0.25) is 0 Å². The molecule has 1 aliphatic heterocycles. The lowest BCUT2D eigenvalue weighted by molar-refractivity contribution is -0.139. The lowest BCUT2D eigenvalue weighted by Gasteiger charge is -2.41. The molecule has 5 heteroatoms. The Hall–Kier alpha value is -2.82. The molecule has 1 heterocycles. The first-order valence-corrected chi connectivity index (χ1v) is 8.29. The number of carbonyl (C=O) groups excluding carboxylic acids is 1. The summed E-state index contributed by atoms with van der Waals surface area (Å²) in [6, 6.07) is 13.7. The monoisotopic (exact) mass is 339 g/mol. The smallest absolute Gasteiger partial charge is 0.341 e. The summed E-state index contributed by atoms with van der Waals surface area (Å²) >= 11 is 0. The number of amides is 1. The van der Waals surface area contributed by atoms with E-state index in [4.69, 9.17) is 9.84 Å². The largest absolute Gasteiger partial charge is 0.481 e. The predicted molar refractivity (Wildman–Crippen MR) is 93.9 cm³/mol. The lowest BCUT2D eigenvalue weighted by Crippen LogP contribution is -2.45. The molecule has 25 heavy (non-hydrogen) atoms. The van der Waals surface area contributed by atoms with Crippen molar-refractivity contribution in [2.45, 2.75) is 26.3 Å². The Balaban J connectivity index is 1.80. The fraction of sp³-hybridized carbons (Fsp3) is 0.300. The molecule has 2 aromatic carbocycles. The van der Waals surface area contributed by atoms with Gasteiger partial charge in [-0.1, -0.05) is 30.3 Å². The van der Waals surface area contributed by atoms with Crippen molar-refractivity contribution in [3.63, 3.8) is 0 Å². The number of benzene rings is 2. The minimum absolute atomic E-state index is 0.00362. The average Bonchev–Trinajstić information content (AvgIpc) is 2.53. The normalized spacial score (nSPS) is 16.2. The van der Waals surface area contributed by atoms with Crippen molar-refractivity contribution >= 4 is 11.9 Å². The lowest BCUT2D eigenvalue weighted by atomic mass is 9.93. The number of rotatable bonds is 5. The molecule has 0 radical (unpaired) electrons. The average molecular weight is 339 g/mol. The molecule has 5 nitrogen and oxygen atoms in total. The number of carboxylic acid groups (broad SMARTS) is 1. The van der Waals surface area contributed by atoms with Crippen LogP contribution in [0.2, 0.25) is 0 Å². The molecular formula is C20H21NO4. The first kappa shape index (κ1) is 17.0. The van der Waals surface area contributed by atoms with E-state index in [-0.39, 0.29) is 11.9 Å². The highest BCUT2D eigenvalue weighted by molar-refractivity contribution is 5.95. The van der Waals surface area contributed by atoms with Gasteiger partial charge in [0.05, 0.1) is 6.04 Å². The molecule has 0 saturated carbocycles. The number of nitrogens with zero attached hydrogens (tertiary/aromatic N) is 1. The third-order valence-corrected chi connectivity index (χ3v) is 4.51. The van der Waals surface area contributed by atoms with Crippen molar-refractivity contribution in [2.24, 2.45) is 0 Å². The van der Waals surface area contributed by atoms with E-state index in [1.807, 2.05) is 49.1 Å². The molecule has 0 bridgehead atoms. The van der Waals surface area contributed by atoms with Gasteiger partial charge in [-0.05, 0) is 49.1 Å². The molecule has 130 valence electrons. The highest BCUT2D eigenvalue weighted by Crippen LogP contribution is 2.35. The molecule has 0 aliphatic carbocycles. The minimum Gasteiger partial charge on any atom is -0.481 e. The van der Waals surface area contributed by atoms with Crippen LogP contribution in [0.1, 0.15) is 39.5 Å². The standard InChI is InChI=1S/C20H21NO4/c1-13-10-16(11-14(2)19(13)25-12-18(22)23)20(24)21-9-8-17(21)15-6-4-3-5-7-15/h3-7,10-11,17H,8-9,12H2,1-2H3,(H,22,23). The second-order valence-corrected chi connectivity index (χ2v) is 6.34. The minimum atomic E-state index is -1.02. The van der Waals surface area contributed by atoms with Crippen LogP contribution in [0, 0.1) is 13.8 Å². The first-order chi connectivity index (χ1) is 12.0. The Kier molecular flexibility index (Phi) is 4.74. The zero-order chi connectivity index (χ0) is 18.0. The zero-order valence-electron chi connectivity index (χ0n) is 14.4. The van der Waals surface area contributed by atoms with Crippen LogP contribution in [0.5, 0.6) is 5.75 Å². The second-order valence-electron chi connectivity index (χ2n) is 6.34. The van der Waals surface area contributed by atoms with Crippen molar-refractivity contribution < 1.29 is 19.4 Å². The van der Waals surface area contributed by atoms with Gasteiger partial charge in [0.1, 0.15) is 5.75 Å². The molecule has 1 aliphatic rings. The van der Waals surface area contributed by atoms with E-state index in [2.05, 4.69) is 0 Å². The number of aliphatic carboxylic acids is 1. The summed E-state index contributed by atoms with van der Waals surface area (Å²) in [5, 5.41) is 8.76. The third kappa shape index (κ3) is 3.50. The van der Waals surface area contributed by atoms with E-state index < -0.39 is 12.6 Å². The Morgan fingerprint density at radius 1 is 1.16 bits per heavy atom. The molecule has 2 aromatic rings. The molecule has 1 fully saturated rings. The van der Waals surface area contributed by atoms with Gasteiger partial charge in [0, 0.05) is 12.1 Å². The summed E-state index contributed by atoms with van der Waals surface area (Å²) in [7, 11) is 0. The second kappa shape index (κ2) is 6.97. The summed E-state index contributed by atoms with van der Waals surface area (Å²) in [4.78, 5) is 25.5. The van der Waals surface area contributed by atoms with Crippen molar-refractivity contribution in [3.05, 3.63) is 64.7 Å². The van der Waals surface area contributed by atoms with Crippen molar-refractivity contribution in [1.82, 2.24) is 4.90 Å². The van der Waals surface area contributed by atoms with Gasteiger partial charge in [-0.3, -0.25) is 4.79 Å². The molecule has 0 spiro atoms. The van der Waals surface area contributed by atoms with Gasteiger partial charge in [-0.2, -0.15) is 0 Å². The summed E-state index contributed by atoms with van der Waals surface area (Å²) in [5.74, 6) is -0.497. The van der Waals surface area contributed by atoms with E-state index in [1.54, 1.807) is 12.1 Å². The molecule has 1 atom stereocenters. The third-order valence-electron chi connectivity index (χ3n) is 4.51. The molecule has 3 rings (SSSR count). The Bertz CT molecular complexity index is 778. The van der Waals surface area contributed by atoms with E-state index in [0.29, 0.717) is 11.3 Å². The number of hydrogen-bond acceptors (Lipinski definition) is 3. The van der Waals surface area contributed by atoms with Crippen LogP contribution in [-0.4, -0.2) is 35.0 Å². The van der Waals surface area contributed by atoms with Crippen molar-refractivity contribution in [3.8, 4) is 5.75 Å². The maximum atomic E-state index is 12.9. The van der Waals surface area contributed by atoms with Crippen LogP contribution in [-0.2, 0) is 4.79 Å². The van der Waals surface area contributed by atoms with Gasteiger partial charge in [-0.15, -0.1) is 0 Å². The summed E-state index contributed by atoms with van der Waals surface area (Å²) in [5.41, 5.74) is 3.29. The summed E-state index contributed by atoms with van der Waals surface area (Å²) in [6.07, 6.45) is 0.966. The Morgan fingerprint density at radius 2 is 1.80 bits per heavy atom. The Labute approximate surface area is 146 Å². The summed E-state index contributed by atoms with van der Waals surface area (Å²) in [6.45, 7) is 4.00. The maximum Gasteiger partial charge on any atom is 0.341 e. The fourth-order valence-corrected chi connectivity index (χ4v) is 3.25. The molecule has 1 unspecified atom stereocenters. The van der Waals surface area contributed by atoms with Crippen molar-refractivity contribution in [1.29, 1.82) is 0 Å². The van der Waals surface area contributed by atoms with Crippen LogP contribution in [0.25, 0.3) is 0 Å². The highest BCUT2D eigenvalue weighted by Gasteiger charge is 2.34. The van der Waals surface area contributed by atoms with Gasteiger partial charge in [0.25, 0.3) is 5.91 Å². The van der Waals surface area contributed by atoms with Gasteiger partial charge in [-0.25, -0.2) is 4.79 Å². The van der Waals surface area contributed by atoms with Crippen LogP contribution in [0.3, 0.4) is 0 Å². The molecule has 1 saturated heterocycles. The predicted octanol–water partition coefficient (Wildman–Crippen LogP) is 3.35. The van der Waals surface area contributed by atoms with Crippen LogP contribution < -0.4 is 4.74 Å². The SMILES string of the molecule is Cc1cc(C(=O)N2CCC2c2ccccc2)cc(C)c1OCC(=O)O. The van der Waals surface area contributed by atoms with Gasteiger partial charge < -0.3 is 14.7 Å². The number of ether oxygens (including phenoxy) is 1. The zero-order valence-corrected chi connectivity index (χ0v) is 14.4. The summed E-state index contributed by atoms with van der Waals surface area (Å²) < 4.78 is 5.33. The number of carbonyl (C=O) groups is 2. The highest BCUT2D eigenvalue weighted by atomic mass is 16.5. The van der Waals surface area contributed by atoms with Crippen molar-refractivity contribution in [2.75, 3.05) is 13.2 Å². The van der Waals surface area contributed by atoms with Crippen LogP contribution in [0.4, 0.5) is 0 Å². The van der Waals surface area contributed by atoms with E-state index in [1.165, 1.54) is 0 Å². The fourth-order valence-electron chi connectivity index (χ4n) is 3.25. The van der Waals surface area contributed by atoms with Gasteiger partial charge in [0.15, 0.2) is 6.61 Å². The quantitative estimate of drug-likeness (QED) is 0.907. The van der Waals surface area contributed by atoms with E-state index in [0.717, 1.165) is 29.7 Å². The van der Waals surface area contributed by atoms with Gasteiger partial charge >= 0.3 is 5.97 Å². The maximum absolute atomic E-state index is 12.9. The number of likely N-dealkylation sites (tertiary alicyclic amines) is 1.